The lowest BCUT2D eigenvalue weighted by Gasteiger charge is -2.14. The fourth-order valence-corrected chi connectivity index (χ4v) is 3.66. The van der Waals surface area contributed by atoms with E-state index in [-0.39, 0.29) is 4.83 Å². The summed E-state index contributed by atoms with van der Waals surface area (Å²) in [6, 6.07) is 12.2. The highest BCUT2D eigenvalue weighted by Gasteiger charge is 2.14. The summed E-state index contributed by atoms with van der Waals surface area (Å²) in [4.78, 5) is 0.139. The van der Waals surface area contributed by atoms with Crippen molar-refractivity contribution in [2.45, 2.75) is 11.8 Å². The molecule has 0 aromatic heterocycles. The third kappa shape index (κ3) is 3.19. The van der Waals surface area contributed by atoms with Gasteiger partial charge in [0.2, 0.25) is 0 Å². The fraction of sp³-hybridized carbons (Fsp3) is 0.143. The number of halogens is 4. The van der Waals surface area contributed by atoms with Crippen LogP contribution in [0.5, 0.6) is 0 Å². The number of hydrogen-bond donors (Lipinski definition) is 0. The molecule has 0 amide bonds. The van der Waals surface area contributed by atoms with E-state index in [4.69, 9.17) is 11.6 Å². The molecule has 1 unspecified atom stereocenters. The van der Waals surface area contributed by atoms with Gasteiger partial charge in [-0.15, -0.1) is 0 Å². The van der Waals surface area contributed by atoms with Crippen molar-refractivity contribution in [3.05, 3.63) is 67.1 Å². The molecule has 0 saturated carbocycles. The summed E-state index contributed by atoms with van der Waals surface area (Å²) in [6.07, 6.45) is 0. The summed E-state index contributed by atoms with van der Waals surface area (Å²) in [7, 11) is 0. The van der Waals surface area contributed by atoms with Gasteiger partial charge in [0, 0.05) is 14.0 Å². The van der Waals surface area contributed by atoms with E-state index < -0.39 is 0 Å². The first kappa shape index (κ1) is 14.6. The summed E-state index contributed by atoms with van der Waals surface area (Å²) in [5.74, 6) is 0. The first-order valence-corrected chi connectivity index (χ1v) is 8.22. The Morgan fingerprint density at radius 1 is 1.06 bits per heavy atom. The molecule has 2 aromatic rings. The van der Waals surface area contributed by atoms with Crippen molar-refractivity contribution >= 4 is 59.4 Å². The molecule has 0 nitrogen and oxygen atoms in total. The van der Waals surface area contributed by atoms with E-state index in [9.17, 15) is 0 Å². The molecule has 0 N–H and O–H groups in total. The zero-order valence-electron chi connectivity index (χ0n) is 9.55. The minimum atomic E-state index is 0.139. The third-order valence-corrected chi connectivity index (χ3v) is 5.37. The van der Waals surface area contributed by atoms with Gasteiger partial charge in [-0.05, 0) is 47.9 Å². The normalized spacial score (nSPS) is 12.5. The summed E-state index contributed by atoms with van der Waals surface area (Å²) in [6.45, 7) is 2.02. The lowest BCUT2D eigenvalue weighted by molar-refractivity contribution is 1.15. The quantitative estimate of drug-likeness (QED) is 0.446. The Balaban J connectivity index is 2.44. The number of hydrogen-bond acceptors (Lipinski definition) is 0. The Labute approximate surface area is 137 Å². The first-order valence-electron chi connectivity index (χ1n) is 5.34. The van der Waals surface area contributed by atoms with Gasteiger partial charge in [-0.3, -0.25) is 0 Å². The molecule has 1 atom stereocenters. The standard InChI is InChI=1S/C14H10Br3Cl/c1-8-6-9(2-5-13(8)18)14(17)11-7-10(15)3-4-12(11)16/h2-7,14H,1H3. The third-order valence-electron chi connectivity index (χ3n) is 2.71. The number of aryl methyl sites for hydroxylation is 1. The molecule has 0 spiro atoms. The van der Waals surface area contributed by atoms with Crippen molar-refractivity contribution in [3.8, 4) is 0 Å². The zero-order valence-corrected chi connectivity index (χ0v) is 15.1. The van der Waals surface area contributed by atoms with Crippen molar-refractivity contribution in [2.24, 2.45) is 0 Å². The summed E-state index contributed by atoms with van der Waals surface area (Å²) in [5.41, 5.74) is 3.46. The monoisotopic (exact) mass is 450 g/mol. The van der Waals surface area contributed by atoms with Gasteiger partial charge in [-0.1, -0.05) is 71.5 Å². The molecule has 0 aliphatic heterocycles. The molecule has 0 fully saturated rings. The molecular formula is C14H10Br3Cl. The average Bonchev–Trinajstić information content (AvgIpc) is 2.35. The molecule has 2 rings (SSSR count). The summed E-state index contributed by atoms with van der Waals surface area (Å²) < 4.78 is 2.15. The second kappa shape index (κ2) is 6.08. The molecule has 2 aromatic carbocycles. The maximum absolute atomic E-state index is 6.06. The van der Waals surface area contributed by atoms with Crippen LogP contribution in [-0.2, 0) is 0 Å². The van der Waals surface area contributed by atoms with Crippen molar-refractivity contribution in [1.29, 1.82) is 0 Å². The molecule has 4 heteroatoms. The van der Waals surface area contributed by atoms with Crippen LogP contribution in [0.15, 0.2) is 45.3 Å². The molecule has 0 radical (unpaired) electrons. The van der Waals surface area contributed by atoms with E-state index in [2.05, 4.69) is 59.9 Å². The molecular weight excluding hydrogens is 443 g/mol. The first-order chi connectivity index (χ1) is 8.49. The highest BCUT2D eigenvalue weighted by atomic mass is 79.9. The number of alkyl halides is 1. The minimum Gasteiger partial charge on any atom is -0.0841 e. The van der Waals surface area contributed by atoms with Gasteiger partial charge < -0.3 is 0 Å². The van der Waals surface area contributed by atoms with Gasteiger partial charge in [-0.2, -0.15) is 0 Å². The lowest BCUT2D eigenvalue weighted by atomic mass is 10.0. The van der Waals surface area contributed by atoms with E-state index in [0.717, 1.165) is 19.5 Å². The Morgan fingerprint density at radius 3 is 2.44 bits per heavy atom. The van der Waals surface area contributed by atoms with Gasteiger partial charge in [0.05, 0.1) is 4.83 Å². The Morgan fingerprint density at radius 2 is 1.78 bits per heavy atom. The van der Waals surface area contributed by atoms with Gasteiger partial charge in [0.15, 0.2) is 0 Å². The molecule has 18 heavy (non-hydrogen) atoms. The Bertz CT molecular complexity index is 581. The second-order valence-corrected chi connectivity index (χ2v) is 7.13. The zero-order chi connectivity index (χ0) is 13.3. The van der Waals surface area contributed by atoms with E-state index in [1.54, 1.807) is 0 Å². The van der Waals surface area contributed by atoms with Crippen LogP contribution in [0.3, 0.4) is 0 Å². The molecule has 0 saturated heterocycles. The SMILES string of the molecule is Cc1cc(C(Br)c2cc(Br)ccc2Br)ccc1Cl. The van der Waals surface area contributed by atoms with Crippen LogP contribution in [0.2, 0.25) is 5.02 Å². The van der Waals surface area contributed by atoms with Crippen LogP contribution in [-0.4, -0.2) is 0 Å². The molecule has 0 aliphatic carbocycles. The Kier molecular flexibility index (Phi) is 4.92. The van der Waals surface area contributed by atoms with E-state index >= 15 is 0 Å². The lowest BCUT2D eigenvalue weighted by Crippen LogP contribution is -1.95. The van der Waals surface area contributed by atoms with Crippen LogP contribution in [0.1, 0.15) is 21.5 Å². The van der Waals surface area contributed by atoms with Crippen LogP contribution in [0, 0.1) is 6.92 Å². The summed E-state index contributed by atoms with van der Waals surface area (Å²) in [5, 5.41) is 0.798. The maximum atomic E-state index is 6.06. The summed E-state index contributed by atoms with van der Waals surface area (Å²) >= 11 is 16.9. The van der Waals surface area contributed by atoms with Crippen LogP contribution in [0.4, 0.5) is 0 Å². The van der Waals surface area contributed by atoms with Crippen molar-refractivity contribution in [1.82, 2.24) is 0 Å². The average molecular weight is 453 g/mol. The second-order valence-electron chi connectivity index (χ2n) is 4.04. The fourth-order valence-electron chi connectivity index (χ4n) is 1.71. The topological polar surface area (TPSA) is 0 Å². The number of rotatable bonds is 2. The van der Waals surface area contributed by atoms with Crippen LogP contribution in [0.25, 0.3) is 0 Å². The van der Waals surface area contributed by atoms with Gasteiger partial charge >= 0.3 is 0 Å². The van der Waals surface area contributed by atoms with Crippen LogP contribution < -0.4 is 0 Å². The highest BCUT2D eigenvalue weighted by Crippen LogP contribution is 2.37. The molecule has 94 valence electrons. The highest BCUT2D eigenvalue weighted by molar-refractivity contribution is 9.11. The molecule has 0 bridgehead atoms. The molecule has 0 heterocycles. The van der Waals surface area contributed by atoms with Crippen molar-refractivity contribution in [2.75, 3.05) is 0 Å². The van der Waals surface area contributed by atoms with Crippen molar-refractivity contribution in [3.63, 3.8) is 0 Å². The van der Waals surface area contributed by atoms with Gasteiger partial charge in [0.1, 0.15) is 0 Å². The maximum Gasteiger partial charge on any atom is 0.0656 e. The van der Waals surface area contributed by atoms with Gasteiger partial charge in [0.25, 0.3) is 0 Å². The van der Waals surface area contributed by atoms with Crippen molar-refractivity contribution < 1.29 is 0 Å². The Hall–Kier alpha value is 0.170. The largest absolute Gasteiger partial charge is 0.0841 e. The van der Waals surface area contributed by atoms with E-state index in [0.29, 0.717) is 0 Å². The van der Waals surface area contributed by atoms with E-state index in [1.165, 1.54) is 11.1 Å². The van der Waals surface area contributed by atoms with E-state index in [1.807, 2.05) is 31.2 Å². The van der Waals surface area contributed by atoms with Crippen LogP contribution >= 0.6 is 59.4 Å². The van der Waals surface area contributed by atoms with Gasteiger partial charge in [-0.25, -0.2) is 0 Å². The number of benzene rings is 2. The predicted octanol–water partition coefficient (Wildman–Crippen LogP) is 6.66. The molecule has 0 aliphatic rings. The smallest absolute Gasteiger partial charge is 0.0656 e. The predicted molar refractivity (Wildman–Crippen MR) is 88.8 cm³/mol. The minimum absolute atomic E-state index is 0.139.